The number of piperidine rings is 1. The molecule has 4 nitrogen and oxygen atoms in total. The number of carbonyl (C=O) groups excluding carboxylic acids is 1. The number of ether oxygens (including phenoxy) is 1. The number of methoxy groups -OCH3 is 1. The van der Waals surface area contributed by atoms with Crippen LogP contribution in [0.5, 0.6) is 0 Å². The standard InChI is InChI=1S/C15H28N2O2/c1-11-7-8-17(10-14(11)19-2)15(18)13-6-4-3-5-12(13)9-16/h11-14H,3-10,16H2,1-2H3. The Morgan fingerprint density at radius 3 is 2.74 bits per heavy atom. The van der Waals surface area contributed by atoms with Gasteiger partial charge in [-0.05, 0) is 37.6 Å². The second-order valence-electron chi connectivity index (χ2n) is 6.21. The highest BCUT2D eigenvalue weighted by atomic mass is 16.5. The van der Waals surface area contributed by atoms with E-state index in [1.54, 1.807) is 7.11 Å². The van der Waals surface area contributed by atoms with Gasteiger partial charge in [0.1, 0.15) is 0 Å². The Kier molecular flexibility index (Phi) is 5.22. The van der Waals surface area contributed by atoms with Crippen molar-refractivity contribution in [1.29, 1.82) is 0 Å². The highest BCUT2D eigenvalue weighted by Gasteiger charge is 2.36. The Labute approximate surface area is 116 Å². The molecule has 0 radical (unpaired) electrons. The average molecular weight is 268 g/mol. The predicted molar refractivity (Wildman–Crippen MR) is 75.7 cm³/mol. The first-order valence-electron chi connectivity index (χ1n) is 7.69. The summed E-state index contributed by atoms with van der Waals surface area (Å²) in [5.41, 5.74) is 5.84. The van der Waals surface area contributed by atoms with E-state index >= 15 is 0 Å². The first kappa shape index (κ1) is 14.8. The summed E-state index contributed by atoms with van der Waals surface area (Å²) < 4.78 is 5.51. The molecule has 2 fully saturated rings. The van der Waals surface area contributed by atoms with Crippen LogP contribution in [0.25, 0.3) is 0 Å². The van der Waals surface area contributed by atoms with E-state index in [9.17, 15) is 4.79 Å². The molecule has 2 N–H and O–H groups in total. The lowest BCUT2D eigenvalue weighted by atomic mass is 9.78. The average Bonchev–Trinajstić information content (AvgIpc) is 2.47. The smallest absolute Gasteiger partial charge is 0.226 e. The van der Waals surface area contributed by atoms with Crippen LogP contribution in [0.3, 0.4) is 0 Å². The fraction of sp³-hybridized carbons (Fsp3) is 0.933. The van der Waals surface area contributed by atoms with Crippen LogP contribution >= 0.6 is 0 Å². The molecule has 2 rings (SSSR count). The van der Waals surface area contributed by atoms with Crippen molar-refractivity contribution in [2.45, 2.75) is 45.1 Å². The van der Waals surface area contributed by atoms with Crippen LogP contribution in [0.4, 0.5) is 0 Å². The molecule has 1 heterocycles. The van der Waals surface area contributed by atoms with Crippen molar-refractivity contribution < 1.29 is 9.53 Å². The zero-order valence-electron chi connectivity index (χ0n) is 12.3. The predicted octanol–water partition coefficient (Wildman–Crippen LogP) is 1.63. The van der Waals surface area contributed by atoms with Crippen LogP contribution < -0.4 is 5.73 Å². The van der Waals surface area contributed by atoms with E-state index in [0.717, 1.165) is 32.4 Å². The molecule has 0 spiro atoms. The van der Waals surface area contributed by atoms with Crippen molar-refractivity contribution in [1.82, 2.24) is 4.90 Å². The number of hydrogen-bond acceptors (Lipinski definition) is 3. The zero-order valence-corrected chi connectivity index (χ0v) is 12.3. The normalized spacial score (nSPS) is 36.3. The van der Waals surface area contributed by atoms with Crippen molar-refractivity contribution >= 4 is 5.91 Å². The molecule has 1 aliphatic heterocycles. The largest absolute Gasteiger partial charge is 0.379 e. The van der Waals surface area contributed by atoms with Gasteiger partial charge < -0.3 is 15.4 Å². The van der Waals surface area contributed by atoms with E-state index in [4.69, 9.17) is 10.5 Å². The number of nitrogens with zero attached hydrogens (tertiary/aromatic N) is 1. The van der Waals surface area contributed by atoms with Crippen LogP contribution in [0.15, 0.2) is 0 Å². The maximum Gasteiger partial charge on any atom is 0.226 e. The molecule has 1 amide bonds. The zero-order chi connectivity index (χ0) is 13.8. The summed E-state index contributed by atoms with van der Waals surface area (Å²) in [6.07, 6.45) is 5.77. The number of rotatable bonds is 3. The number of likely N-dealkylation sites (tertiary alicyclic amines) is 1. The Hall–Kier alpha value is -0.610. The number of carbonyl (C=O) groups is 1. The SMILES string of the molecule is COC1CN(C(=O)C2CCCCC2CN)CCC1C. The number of amides is 1. The van der Waals surface area contributed by atoms with Gasteiger partial charge in [-0.1, -0.05) is 19.8 Å². The third-order valence-electron chi connectivity index (χ3n) is 5.03. The highest BCUT2D eigenvalue weighted by molar-refractivity contribution is 5.79. The minimum absolute atomic E-state index is 0.157. The molecular weight excluding hydrogens is 240 g/mol. The van der Waals surface area contributed by atoms with Gasteiger partial charge in [0.15, 0.2) is 0 Å². The van der Waals surface area contributed by atoms with Crippen LogP contribution in [-0.4, -0.2) is 43.7 Å². The third-order valence-corrected chi connectivity index (χ3v) is 5.03. The fourth-order valence-corrected chi connectivity index (χ4v) is 3.59. The summed E-state index contributed by atoms with van der Waals surface area (Å²) in [6, 6.07) is 0. The lowest BCUT2D eigenvalue weighted by molar-refractivity contribution is -0.143. The van der Waals surface area contributed by atoms with Crippen molar-refractivity contribution in [2.24, 2.45) is 23.5 Å². The molecule has 0 aromatic rings. The van der Waals surface area contributed by atoms with Crippen LogP contribution in [-0.2, 0) is 9.53 Å². The van der Waals surface area contributed by atoms with E-state index in [0.29, 0.717) is 24.3 Å². The van der Waals surface area contributed by atoms with Crippen molar-refractivity contribution in [2.75, 3.05) is 26.7 Å². The van der Waals surface area contributed by atoms with Gasteiger partial charge in [0.05, 0.1) is 6.10 Å². The molecule has 1 saturated carbocycles. The van der Waals surface area contributed by atoms with Gasteiger partial charge in [0.2, 0.25) is 5.91 Å². The molecular formula is C15H28N2O2. The first-order valence-corrected chi connectivity index (χ1v) is 7.69. The van der Waals surface area contributed by atoms with Gasteiger partial charge in [0, 0.05) is 26.1 Å². The topological polar surface area (TPSA) is 55.6 Å². The maximum absolute atomic E-state index is 12.7. The van der Waals surface area contributed by atoms with Gasteiger partial charge in [-0.25, -0.2) is 0 Å². The quantitative estimate of drug-likeness (QED) is 0.846. The maximum atomic E-state index is 12.7. The molecule has 1 aliphatic carbocycles. The van der Waals surface area contributed by atoms with Crippen molar-refractivity contribution in [3.63, 3.8) is 0 Å². The van der Waals surface area contributed by atoms with Crippen LogP contribution in [0.1, 0.15) is 39.0 Å². The summed E-state index contributed by atoms with van der Waals surface area (Å²) in [7, 11) is 1.75. The Balaban J connectivity index is 1.98. The summed E-state index contributed by atoms with van der Waals surface area (Å²) in [6.45, 7) is 4.49. The molecule has 19 heavy (non-hydrogen) atoms. The monoisotopic (exact) mass is 268 g/mol. The minimum atomic E-state index is 0.157. The molecule has 110 valence electrons. The highest BCUT2D eigenvalue weighted by Crippen LogP contribution is 2.32. The van der Waals surface area contributed by atoms with E-state index in [2.05, 4.69) is 6.92 Å². The molecule has 4 unspecified atom stereocenters. The molecule has 0 aromatic carbocycles. The molecule has 0 bridgehead atoms. The molecule has 4 heteroatoms. The lowest BCUT2D eigenvalue weighted by Gasteiger charge is -2.40. The summed E-state index contributed by atoms with van der Waals surface area (Å²) in [5.74, 6) is 1.42. The van der Waals surface area contributed by atoms with E-state index in [-0.39, 0.29) is 12.0 Å². The Bertz CT molecular complexity index is 309. The third kappa shape index (κ3) is 3.29. The van der Waals surface area contributed by atoms with E-state index in [1.165, 1.54) is 12.8 Å². The van der Waals surface area contributed by atoms with Crippen LogP contribution in [0.2, 0.25) is 0 Å². The number of hydrogen-bond donors (Lipinski definition) is 1. The fourth-order valence-electron chi connectivity index (χ4n) is 3.59. The second-order valence-corrected chi connectivity index (χ2v) is 6.21. The second kappa shape index (κ2) is 6.71. The van der Waals surface area contributed by atoms with Crippen LogP contribution in [0, 0.1) is 17.8 Å². The van der Waals surface area contributed by atoms with Gasteiger partial charge in [-0.15, -0.1) is 0 Å². The van der Waals surface area contributed by atoms with Gasteiger partial charge in [-0.3, -0.25) is 4.79 Å². The van der Waals surface area contributed by atoms with Gasteiger partial charge in [0.25, 0.3) is 0 Å². The molecule has 2 aliphatic rings. The summed E-state index contributed by atoms with van der Waals surface area (Å²) in [5, 5.41) is 0. The minimum Gasteiger partial charge on any atom is -0.379 e. The summed E-state index contributed by atoms with van der Waals surface area (Å²) >= 11 is 0. The Morgan fingerprint density at radius 1 is 1.32 bits per heavy atom. The lowest BCUT2D eigenvalue weighted by Crippen LogP contribution is -2.50. The van der Waals surface area contributed by atoms with E-state index < -0.39 is 0 Å². The van der Waals surface area contributed by atoms with Gasteiger partial charge >= 0.3 is 0 Å². The van der Waals surface area contributed by atoms with Gasteiger partial charge in [-0.2, -0.15) is 0 Å². The molecule has 0 aromatic heterocycles. The Morgan fingerprint density at radius 2 is 2.05 bits per heavy atom. The molecule has 4 atom stereocenters. The summed E-state index contributed by atoms with van der Waals surface area (Å²) in [4.78, 5) is 14.7. The first-order chi connectivity index (χ1) is 9.17. The van der Waals surface area contributed by atoms with E-state index in [1.807, 2.05) is 4.90 Å². The number of nitrogens with two attached hydrogens (primary N) is 1. The van der Waals surface area contributed by atoms with Crippen molar-refractivity contribution in [3.8, 4) is 0 Å². The van der Waals surface area contributed by atoms with Crippen molar-refractivity contribution in [3.05, 3.63) is 0 Å². The molecule has 1 saturated heterocycles.